The second-order valence-electron chi connectivity index (χ2n) is 5.29. The number of hydrogen-bond acceptors (Lipinski definition) is 2. The largest absolute Gasteiger partial charge is 0.384 e. The van der Waals surface area contributed by atoms with E-state index in [1.807, 2.05) is 6.07 Å². The lowest BCUT2D eigenvalue weighted by molar-refractivity contribution is 0.636. The fourth-order valence-electron chi connectivity index (χ4n) is 3.01. The summed E-state index contributed by atoms with van der Waals surface area (Å²) in [5.41, 5.74) is 3.76. The molecule has 0 atom stereocenters. The van der Waals surface area contributed by atoms with E-state index in [1.54, 1.807) is 0 Å². The number of nitrogens with one attached hydrogen (secondary N) is 1. The first kappa shape index (κ1) is 13.6. The van der Waals surface area contributed by atoms with E-state index in [-0.39, 0.29) is 5.82 Å². The van der Waals surface area contributed by atoms with Crippen molar-refractivity contribution in [2.24, 2.45) is 0 Å². The van der Waals surface area contributed by atoms with Gasteiger partial charge in [0.25, 0.3) is 0 Å². The first-order chi connectivity index (χ1) is 9.70. The number of halogens is 2. The Hall–Kier alpha value is -1.35. The van der Waals surface area contributed by atoms with Gasteiger partial charge in [-0.3, -0.25) is 0 Å². The number of pyridine rings is 1. The molecule has 0 unspecified atom stereocenters. The van der Waals surface area contributed by atoms with Gasteiger partial charge in [-0.1, -0.05) is 18.0 Å². The molecule has 0 radical (unpaired) electrons. The van der Waals surface area contributed by atoms with Gasteiger partial charge in [0.15, 0.2) is 5.82 Å². The quantitative estimate of drug-likeness (QED) is 0.810. The highest BCUT2D eigenvalue weighted by Crippen LogP contribution is 2.35. The van der Waals surface area contributed by atoms with Crippen molar-refractivity contribution >= 4 is 28.2 Å². The molecule has 0 aliphatic heterocycles. The highest BCUT2D eigenvalue weighted by molar-refractivity contribution is 6.31. The van der Waals surface area contributed by atoms with Crippen molar-refractivity contribution < 1.29 is 4.39 Å². The zero-order valence-corrected chi connectivity index (χ0v) is 12.4. The van der Waals surface area contributed by atoms with Crippen LogP contribution in [0, 0.1) is 5.82 Å². The van der Waals surface area contributed by atoms with E-state index in [9.17, 15) is 4.39 Å². The second-order valence-corrected chi connectivity index (χ2v) is 5.72. The Morgan fingerprint density at radius 2 is 2.05 bits per heavy atom. The first-order valence-electron chi connectivity index (χ1n) is 7.25. The van der Waals surface area contributed by atoms with Crippen LogP contribution < -0.4 is 5.32 Å². The summed E-state index contributed by atoms with van der Waals surface area (Å²) < 4.78 is 14.2. The Morgan fingerprint density at radius 1 is 1.25 bits per heavy atom. The topological polar surface area (TPSA) is 24.9 Å². The molecule has 1 aliphatic rings. The Morgan fingerprint density at radius 3 is 2.85 bits per heavy atom. The molecule has 1 aromatic carbocycles. The van der Waals surface area contributed by atoms with Crippen LogP contribution in [0.25, 0.3) is 10.9 Å². The highest BCUT2D eigenvalue weighted by atomic mass is 35.5. The van der Waals surface area contributed by atoms with Gasteiger partial charge in [-0.05, 0) is 50.3 Å². The Kier molecular flexibility index (Phi) is 3.79. The molecule has 0 fully saturated rings. The van der Waals surface area contributed by atoms with E-state index < -0.39 is 0 Å². The zero-order valence-electron chi connectivity index (χ0n) is 11.6. The SMILES string of the molecule is CCNc1c2c(nc3c(F)cc(Cl)cc13)CCCCC2. The molecule has 20 heavy (non-hydrogen) atoms. The molecule has 4 heteroatoms. The number of aryl methyl sites for hydroxylation is 1. The summed E-state index contributed by atoms with van der Waals surface area (Å²) in [6, 6.07) is 3.16. The summed E-state index contributed by atoms with van der Waals surface area (Å²) in [4.78, 5) is 4.59. The standard InChI is InChI=1S/C16H18ClFN2/c1-2-19-15-11-6-4-3-5-7-14(11)20-16-12(15)8-10(17)9-13(16)18/h8-9H,2-7H2,1H3,(H,19,20). The van der Waals surface area contributed by atoms with Crippen LogP contribution in [-0.2, 0) is 12.8 Å². The third-order valence-corrected chi connectivity index (χ3v) is 4.11. The lowest BCUT2D eigenvalue weighted by atomic mass is 10.0. The molecule has 2 aromatic rings. The molecule has 0 spiro atoms. The van der Waals surface area contributed by atoms with Crippen LogP contribution in [0.4, 0.5) is 10.1 Å². The highest BCUT2D eigenvalue weighted by Gasteiger charge is 2.19. The van der Waals surface area contributed by atoms with Gasteiger partial charge >= 0.3 is 0 Å². The Labute approximate surface area is 123 Å². The fraction of sp³-hybridized carbons (Fsp3) is 0.438. The maximum atomic E-state index is 14.2. The summed E-state index contributed by atoms with van der Waals surface area (Å²) in [6.07, 6.45) is 5.45. The van der Waals surface area contributed by atoms with E-state index in [0.29, 0.717) is 10.5 Å². The van der Waals surface area contributed by atoms with E-state index in [1.165, 1.54) is 24.5 Å². The van der Waals surface area contributed by atoms with E-state index in [4.69, 9.17) is 11.6 Å². The number of anilines is 1. The molecule has 0 saturated heterocycles. The average Bonchev–Trinajstić information content (AvgIpc) is 2.65. The third-order valence-electron chi connectivity index (χ3n) is 3.89. The van der Waals surface area contributed by atoms with Gasteiger partial charge in [-0.15, -0.1) is 0 Å². The minimum Gasteiger partial charge on any atom is -0.384 e. The lowest BCUT2D eigenvalue weighted by Crippen LogP contribution is -2.07. The molecule has 3 rings (SSSR count). The smallest absolute Gasteiger partial charge is 0.150 e. The predicted molar refractivity (Wildman–Crippen MR) is 82.1 cm³/mol. The summed E-state index contributed by atoms with van der Waals surface area (Å²) in [5.74, 6) is -0.335. The molecule has 0 saturated carbocycles. The summed E-state index contributed by atoms with van der Waals surface area (Å²) >= 11 is 6.02. The number of fused-ring (bicyclic) bond motifs is 2. The molecule has 106 valence electrons. The van der Waals surface area contributed by atoms with E-state index in [2.05, 4.69) is 17.2 Å². The van der Waals surface area contributed by atoms with Crippen molar-refractivity contribution in [2.45, 2.75) is 39.0 Å². The normalized spacial score (nSPS) is 14.9. The Balaban J connectivity index is 2.33. The molecular formula is C16H18ClFN2. The van der Waals surface area contributed by atoms with Gasteiger partial charge in [0.05, 0.1) is 0 Å². The summed E-state index contributed by atoms with van der Waals surface area (Å²) in [7, 11) is 0. The average molecular weight is 293 g/mol. The number of nitrogens with zero attached hydrogens (tertiary/aromatic N) is 1. The molecule has 1 aliphatic carbocycles. The maximum Gasteiger partial charge on any atom is 0.150 e. The van der Waals surface area contributed by atoms with Crippen LogP contribution in [0.3, 0.4) is 0 Å². The van der Waals surface area contributed by atoms with Crippen LogP contribution in [-0.4, -0.2) is 11.5 Å². The van der Waals surface area contributed by atoms with Crippen LogP contribution in [0.5, 0.6) is 0 Å². The monoisotopic (exact) mass is 292 g/mol. The van der Waals surface area contributed by atoms with E-state index in [0.717, 1.165) is 42.6 Å². The van der Waals surface area contributed by atoms with Gasteiger partial charge in [-0.25, -0.2) is 9.37 Å². The fourth-order valence-corrected chi connectivity index (χ4v) is 3.21. The van der Waals surface area contributed by atoms with Gasteiger partial charge < -0.3 is 5.32 Å². The van der Waals surface area contributed by atoms with Crippen LogP contribution in [0.15, 0.2) is 12.1 Å². The van der Waals surface area contributed by atoms with Gasteiger partial charge in [0.2, 0.25) is 0 Å². The minimum atomic E-state index is -0.335. The van der Waals surface area contributed by atoms with Crippen molar-refractivity contribution in [3.63, 3.8) is 0 Å². The predicted octanol–water partition coefficient (Wildman–Crippen LogP) is 4.73. The van der Waals surface area contributed by atoms with Crippen molar-refractivity contribution in [2.75, 3.05) is 11.9 Å². The van der Waals surface area contributed by atoms with Gasteiger partial charge in [0, 0.05) is 28.3 Å². The molecule has 2 nitrogen and oxygen atoms in total. The number of aromatic nitrogens is 1. The molecule has 1 heterocycles. The minimum absolute atomic E-state index is 0.335. The van der Waals surface area contributed by atoms with Crippen LogP contribution in [0.2, 0.25) is 5.02 Å². The number of hydrogen-bond donors (Lipinski definition) is 1. The van der Waals surface area contributed by atoms with E-state index >= 15 is 0 Å². The number of benzene rings is 1. The molecule has 1 aromatic heterocycles. The molecule has 0 amide bonds. The van der Waals surface area contributed by atoms with Crippen molar-refractivity contribution in [1.29, 1.82) is 0 Å². The van der Waals surface area contributed by atoms with Gasteiger partial charge in [-0.2, -0.15) is 0 Å². The molecule has 1 N–H and O–H groups in total. The lowest BCUT2D eigenvalue weighted by Gasteiger charge is -2.17. The first-order valence-corrected chi connectivity index (χ1v) is 7.63. The van der Waals surface area contributed by atoms with Crippen molar-refractivity contribution in [1.82, 2.24) is 4.98 Å². The summed E-state index contributed by atoms with van der Waals surface area (Å²) in [5, 5.41) is 4.62. The second kappa shape index (κ2) is 5.57. The summed E-state index contributed by atoms with van der Waals surface area (Å²) in [6.45, 7) is 2.86. The van der Waals surface area contributed by atoms with Crippen LogP contribution >= 0.6 is 11.6 Å². The zero-order chi connectivity index (χ0) is 14.1. The van der Waals surface area contributed by atoms with Gasteiger partial charge in [0.1, 0.15) is 5.52 Å². The maximum absolute atomic E-state index is 14.2. The molecular weight excluding hydrogens is 275 g/mol. The third kappa shape index (κ3) is 2.35. The van der Waals surface area contributed by atoms with Crippen LogP contribution in [0.1, 0.15) is 37.4 Å². The molecule has 0 bridgehead atoms. The number of rotatable bonds is 2. The Bertz CT molecular complexity index is 655. The van der Waals surface area contributed by atoms with Crippen molar-refractivity contribution in [3.05, 3.63) is 34.2 Å². The van der Waals surface area contributed by atoms with Crippen molar-refractivity contribution in [3.8, 4) is 0 Å².